The van der Waals surface area contributed by atoms with Gasteiger partial charge in [0.2, 0.25) is 0 Å². The summed E-state index contributed by atoms with van der Waals surface area (Å²) in [5.74, 6) is -2.78. The third kappa shape index (κ3) is 7.91. The molecule has 0 bridgehead atoms. The molecule has 2 atom stereocenters. The number of carbonyl (C=O) groups excluding carboxylic acids is 2. The lowest BCUT2D eigenvalue weighted by Crippen LogP contribution is -2.18. The Bertz CT molecular complexity index is 1780. The molecule has 0 amide bonds. The molecule has 1 fully saturated rings. The average molecular weight is 651 g/mol. The van der Waals surface area contributed by atoms with Crippen molar-refractivity contribution in [2.24, 2.45) is 0 Å². The number of hydrogen-bond acceptors (Lipinski definition) is 7. The summed E-state index contributed by atoms with van der Waals surface area (Å²) in [5, 5.41) is 0. The number of alkyl halides is 3. The number of rotatable bonds is 12. The number of carbonyl (C=O) groups is 2. The molecule has 2 aliphatic rings. The first-order valence-electron chi connectivity index (χ1n) is 15.2. The number of hydrogen-bond donors (Lipinski definition) is 0. The van der Waals surface area contributed by atoms with Crippen LogP contribution in [0.25, 0.3) is 11.1 Å². The van der Waals surface area contributed by atoms with E-state index in [1.807, 2.05) is 13.0 Å². The lowest BCUT2D eigenvalue weighted by Gasteiger charge is -2.11. The van der Waals surface area contributed by atoms with Crippen molar-refractivity contribution in [3.63, 3.8) is 0 Å². The minimum atomic E-state index is -5.07. The third-order valence-electron chi connectivity index (χ3n) is 8.02. The molecule has 6 rings (SSSR count). The molecule has 0 saturated carbocycles. The van der Waals surface area contributed by atoms with E-state index in [1.165, 1.54) is 0 Å². The van der Waals surface area contributed by atoms with Crippen LogP contribution in [0.15, 0.2) is 78.9 Å². The Morgan fingerprint density at radius 3 is 1.91 bits per heavy atom. The normalized spacial score (nSPS) is 16.2. The van der Waals surface area contributed by atoms with Crippen LogP contribution in [-0.2, 0) is 4.74 Å². The second kappa shape index (κ2) is 13.4. The van der Waals surface area contributed by atoms with Gasteiger partial charge in [-0.2, -0.15) is 0 Å². The van der Waals surface area contributed by atoms with Gasteiger partial charge in [0.1, 0.15) is 17.2 Å². The number of esters is 2. The summed E-state index contributed by atoms with van der Waals surface area (Å²) in [5.41, 5.74) is 3.68. The van der Waals surface area contributed by atoms with Crippen LogP contribution in [0, 0.1) is 5.82 Å². The van der Waals surface area contributed by atoms with Crippen LogP contribution in [0.5, 0.6) is 23.0 Å². The zero-order chi connectivity index (χ0) is 33.1. The number of ether oxygens (including phenoxy) is 5. The van der Waals surface area contributed by atoms with E-state index in [4.69, 9.17) is 18.9 Å². The Kier molecular flexibility index (Phi) is 9.17. The van der Waals surface area contributed by atoms with Crippen LogP contribution in [0.4, 0.5) is 17.6 Å². The molecule has 244 valence electrons. The van der Waals surface area contributed by atoms with Crippen molar-refractivity contribution in [2.75, 3.05) is 13.2 Å². The monoisotopic (exact) mass is 650 g/mol. The Morgan fingerprint density at radius 2 is 1.34 bits per heavy atom. The molecule has 1 heterocycles. The number of epoxide rings is 1. The lowest BCUT2D eigenvalue weighted by atomic mass is 9.99. The summed E-state index contributed by atoms with van der Waals surface area (Å²) < 4.78 is 77.1. The zero-order valence-corrected chi connectivity index (χ0v) is 25.3. The first-order chi connectivity index (χ1) is 22.5. The Balaban J connectivity index is 1.05. The topological polar surface area (TPSA) is 83.6 Å². The van der Waals surface area contributed by atoms with E-state index < -0.39 is 29.9 Å². The molecule has 4 aromatic rings. The molecule has 11 heteroatoms. The van der Waals surface area contributed by atoms with E-state index in [1.54, 1.807) is 54.6 Å². The quantitative estimate of drug-likeness (QED) is 0.0499. The first-order valence-corrected chi connectivity index (χ1v) is 15.2. The summed E-state index contributed by atoms with van der Waals surface area (Å²) in [7, 11) is 0. The fourth-order valence-corrected chi connectivity index (χ4v) is 5.51. The number of benzene rings is 4. The fraction of sp³-hybridized carbons (Fsp3) is 0.278. The van der Waals surface area contributed by atoms with E-state index in [-0.39, 0.29) is 17.2 Å². The van der Waals surface area contributed by atoms with Crippen molar-refractivity contribution in [1.82, 2.24) is 0 Å². The van der Waals surface area contributed by atoms with Gasteiger partial charge in [0.25, 0.3) is 0 Å². The predicted molar refractivity (Wildman–Crippen MR) is 163 cm³/mol. The van der Waals surface area contributed by atoms with Gasteiger partial charge in [-0.25, -0.2) is 14.0 Å². The van der Waals surface area contributed by atoms with Gasteiger partial charge in [0.15, 0.2) is 11.6 Å². The molecule has 1 saturated heterocycles. The van der Waals surface area contributed by atoms with Gasteiger partial charge in [-0.15, -0.1) is 13.2 Å². The van der Waals surface area contributed by atoms with E-state index in [2.05, 4.69) is 4.74 Å². The van der Waals surface area contributed by atoms with Crippen molar-refractivity contribution >= 4 is 11.9 Å². The van der Waals surface area contributed by atoms with Gasteiger partial charge in [0.05, 0.1) is 30.4 Å². The molecule has 1 aliphatic carbocycles. The van der Waals surface area contributed by atoms with Crippen molar-refractivity contribution in [2.45, 2.75) is 51.0 Å². The molecule has 47 heavy (non-hydrogen) atoms. The van der Waals surface area contributed by atoms with Crippen molar-refractivity contribution in [3.8, 4) is 34.1 Å². The molecule has 0 N–H and O–H groups in total. The summed E-state index contributed by atoms with van der Waals surface area (Å²) >= 11 is 0. The highest BCUT2D eigenvalue weighted by atomic mass is 19.4. The third-order valence-corrected chi connectivity index (χ3v) is 8.02. The number of fused-ring (bicyclic) bond motifs is 3. The molecule has 0 aromatic heterocycles. The second-order valence-corrected chi connectivity index (χ2v) is 11.4. The van der Waals surface area contributed by atoms with Crippen LogP contribution in [0.2, 0.25) is 0 Å². The van der Waals surface area contributed by atoms with Crippen molar-refractivity contribution < 1.29 is 50.8 Å². The van der Waals surface area contributed by atoms with Crippen molar-refractivity contribution in [3.05, 3.63) is 107 Å². The molecule has 7 nitrogen and oxygen atoms in total. The van der Waals surface area contributed by atoms with Crippen LogP contribution < -0.4 is 18.9 Å². The Morgan fingerprint density at radius 1 is 0.766 bits per heavy atom. The minimum Gasteiger partial charge on any atom is -0.494 e. The van der Waals surface area contributed by atoms with Gasteiger partial charge < -0.3 is 23.7 Å². The van der Waals surface area contributed by atoms with Gasteiger partial charge in [-0.05, 0) is 108 Å². The molecule has 0 radical (unpaired) electrons. The highest BCUT2D eigenvalue weighted by molar-refractivity contribution is 5.92. The number of halogens is 4. The van der Waals surface area contributed by atoms with Crippen LogP contribution >= 0.6 is 0 Å². The van der Waals surface area contributed by atoms with Gasteiger partial charge in [-0.1, -0.05) is 25.5 Å². The lowest BCUT2D eigenvalue weighted by molar-refractivity contribution is -0.275. The fourth-order valence-electron chi connectivity index (χ4n) is 5.51. The molecule has 1 aliphatic heterocycles. The molecule has 0 spiro atoms. The Hall–Kier alpha value is -4.90. The van der Waals surface area contributed by atoms with Gasteiger partial charge in [0, 0.05) is 5.92 Å². The van der Waals surface area contributed by atoms with Crippen LogP contribution in [0.3, 0.4) is 0 Å². The van der Waals surface area contributed by atoms with E-state index in [9.17, 15) is 27.2 Å². The van der Waals surface area contributed by atoms with E-state index in [0.29, 0.717) is 41.9 Å². The van der Waals surface area contributed by atoms with E-state index in [0.717, 1.165) is 60.6 Å². The summed E-state index contributed by atoms with van der Waals surface area (Å²) in [6.45, 7) is 3.45. The second-order valence-electron chi connectivity index (χ2n) is 11.4. The minimum absolute atomic E-state index is 0.146. The molecule has 2 unspecified atom stereocenters. The maximum absolute atomic E-state index is 14.1. The highest BCUT2D eigenvalue weighted by Gasteiger charge is 2.33. The average Bonchev–Trinajstić information content (AvgIpc) is 3.83. The smallest absolute Gasteiger partial charge is 0.494 e. The summed E-state index contributed by atoms with van der Waals surface area (Å²) in [6, 6.07) is 19.5. The maximum atomic E-state index is 14.1. The maximum Gasteiger partial charge on any atom is 0.573 e. The van der Waals surface area contributed by atoms with Crippen molar-refractivity contribution in [1.29, 1.82) is 0 Å². The van der Waals surface area contributed by atoms with Crippen LogP contribution in [0.1, 0.15) is 70.4 Å². The standard InChI is InChI=1S/C36H30F4O7/c1-21-30-18-25(45-34(41)22-6-9-24(10-7-22)43-16-4-2-3-5-27-20-44-27)11-13-28(30)29-14-12-26(19-31(21)29)46-35(42)23-8-15-33(32(37)17-23)47-36(38,39)40/h6-15,17-19,21,27H,2-5,16,20H2,1H3. The SMILES string of the molecule is CC1c2cc(OC(=O)c3ccc(OCCCCCC4CO4)cc3)ccc2-c2ccc(OC(=O)c3ccc(OC(F)(F)F)c(F)c3)cc21. The predicted octanol–water partition coefficient (Wildman–Crippen LogP) is 8.63. The zero-order valence-electron chi connectivity index (χ0n) is 25.3. The van der Waals surface area contributed by atoms with Crippen LogP contribution in [-0.4, -0.2) is 37.6 Å². The van der Waals surface area contributed by atoms with E-state index >= 15 is 0 Å². The molecular weight excluding hydrogens is 620 g/mol. The molecule has 4 aromatic carbocycles. The summed E-state index contributed by atoms with van der Waals surface area (Å²) in [4.78, 5) is 25.5. The highest BCUT2D eigenvalue weighted by Crippen LogP contribution is 2.47. The largest absolute Gasteiger partial charge is 0.573 e. The Labute approximate surface area is 268 Å². The van der Waals surface area contributed by atoms with Gasteiger partial charge >= 0.3 is 18.3 Å². The number of unbranched alkanes of at least 4 members (excludes halogenated alkanes) is 2. The first kappa shape index (κ1) is 32.1. The molecular formula is C36H30F4O7. The van der Waals surface area contributed by atoms with Gasteiger partial charge in [-0.3, -0.25) is 0 Å². The summed E-state index contributed by atoms with van der Waals surface area (Å²) in [6.07, 6.45) is -0.359.